The van der Waals surface area contributed by atoms with Crippen molar-refractivity contribution in [2.75, 3.05) is 5.32 Å². The quantitative estimate of drug-likeness (QED) is 0.500. The molecule has 0 amide bonds. The lowest BCUT2D eigenvalue weighted by Crippen LogP contribution is -2.02. The van der Waals surface area contributed by atoms with E-state index in [1.54, 1.807) is 18.7 Å². The number of benzene rings is 1. The van der Waals surface area contributed by atoms with E-state index < -0.39 is 0 Å². The summed E-state index contributed by atoms with van der Waals surface area (Å²) in [6.45, 7) is 11.9. The molecule has 1 aromatic carbocycles. The molecule has 28 heavy (non-hydrogen) atoms. The minimum atomic E-state index is 0.672. The lowest BCUT2D eigenvalue weighted by molar-refractivity contribution is 0.393. The number of imidazole rings is 1. The van der Waals surface area contributed by atoms with Crippen LogP contribution in [0.25, 0.3) is 16.9 Å². The van der Waals surface area contributed by atoms with Gasteiger partial charge in [0.15, 0.2) is 0 Å². The number of nitrogens with zero attached hydrogens (tertiary/aromatic N) is 4. The number of halogens is 1. The molecule has 144 valence electrons. The van der Waals surface area contributed by atoms with Crippen molar-refractivity contribution in [3.63, 3.8) is 0 Å². The van der Waals surface area contributed by atoms with Crippen molar-refractivity contribution in [2.45, 2.75) is 27.7 Å². The smallest absolute Gasteiger partial charge is 0.147 e. The van der Waals surface area contributed by atoms with Crippen molar-refractivity contribution in [1.29, 1.82) is 0 Å². The van der Waals surface area contributed by atoms with Gasteiger partial charge in [-0.3, -0.25) is 4.57 Å². The Morgan fingerprint density at radius 3 is 2.71 bits per heavy atom. The first-order valence-corrected chi connectivity index (χ1v) is 9.54. The number of aromatic nitrogens is 3. The summed E-state index contributed by atoms with van der Waals surface area (Å²) >= 11 is 3.49. The van der Waals surface area contributed by atoms with Gasteiger partial charge in [-0.25, -0.2) is 9.98 Å². The minimum absolute atomic E-state index is 0.672. The van der Waals surface area contributed by atoms with E-state index in [1.165, 1.54) is 0 Å². The molecular formula is C21H22BrN5O. The zero-order valence-electron chi connectivity index (χ0n) is 16.3. The molecule has 0 fully saturated rings. The molecule has 3 aromatic rings. The second-order valence-electron chi connectivity index (χ2n) is 6.46. The van der Waals surface area contributed by atoms with Crippen LogP contribution in [0.15, 0.2) is 63.2 Å². The normalized spacial score (nSPS) is 12.3. The van der Waals surface area contributed by atoms with Crippen LogP contribution in [-0.4, -0.2) is 20.9 Å². The van der Waals surface area contributed by atoms with E-state index in [2.05, 4.69) is 61.2 Å². The Balaban J connectivity index is 1.83. The molecule has 0 unspecified atom stereocenters. The number of allylic oxidation sites excluding steroid dienone is 2. The average Bonchev–Trinajstić information content (AvgIpc) is 3.27. The zero-order valence-corrected chi connectivity index (χ0v) is 17.9. The fourth-order valence-corrected chi connectivity index (χ4v) is 3.18. The summed E-state index contributed by atoms with van der Waals surface area (Å²) in [7, 11) is 0. The first-order valence-electron chi connectivity index (χ1n) is 8.75. The number of anilines is 1. The van der Waals surface area contributed by atoms with Crippen molar-refractivity contribution in [1.82, 2.24) is 14.7 Å². The number of hydrogen-bond acceptors (Lipinski definition) is 5. The Bertz CT molecular complexity index is 1040. The van der Waals surface area contributed by atoms with Crippen LogP contribution in [0.2, 0.25) is 0 Å². The maximum Gasteiger partial charge on any atom is 0.147 e. The monoisotopic (exact) mass is 439 g/mol. The van der Waals surface area contributed by atoms with Gasteiger partial charge in [0.2, 0.25) is 0 Å². The lowest BCUT2D eigenvalue weighted by Gasteiger charge is -2.12. The van der Waals surface area contributed by atoms with Gasteiger partial charge in [0, 0.05) is 33.8 Å². The van der Waals surface area contributed by atoms with E-state index in [-0.39, 0.29) is 0 Å². The highest BCUT2D eigenvalue weighted by Gasteiger charge is 2.13. The van der Waals surface area contributed by atoms with E-state index in [4.69, 9.17) is 4.52 Å². The molecule has 2 heterocycles. The van der Waals surface area contributed by atoms with Gasteiger partial charge in [-0.15, -0.1) is 0 Å². The number of hydrogen-bond donors (Lipinski definition) is 1. The van der Waals surface area contributed by atoms with Gasteiger partial charge in [0.25, 0.3) is 0 Å². The van der Waals surface area contributed by atoms with E-state index in [0.29, 0.717) is 5.70 Å². The summed E-state index contributed by atoms with van der Waals surface area (Å²) in [5.41, 5.74) is 5.66. The predicted molar refractivity (Wildman–Crippen MR) is 117 cm³/mol. The summed E-state index contributed by atoms with van der Waals surface area (Å²) in [5, 5.41) is 7.38. The molecule has 0 aliphatic rings. The zero-order chi connectivity index (χ0) is 20.3. The standard InChI is InChI=1S/C21H22BrN5O/c1-13-6-7-18(20-16(4)26-28-17(20)5)10-19(13)25-14(2)11-24-21(15(3)22)27-9-8-23-12-27/h6-12,25H,2H2,1,3-5H3/b21-15-,24-11?. The fourth-order valence-electron chi connectivity index (χ4n) is 2.87. The summed E-state index contributed by atoms with van der Waals surface area (Å²) in [4.78, 5) is 8.60. The van der Waals surface area contributed by atoms with Crippen molar-refractivity contribution in [3.8, 4) is 11.1 Å². The second kappa shape index (κ2) is 8.39. The van der Waals surface area contributed by atoms with Crippen LogP contribution in [0.5, 0.6) is 0 Å². The van der Waals surface area contributed by atoms with Crippen LogP contribution < -0.4 is 5.32 Å². The summed E-state index contributed by atoms with van der Waals surface area (Å²) in [5.74, 6) is 1.54. The van der Waals surface area contributed by atoms with Crippen molar-refractivity contribution >= 4 is 33.7 Å². The Morgan fingerprint density at radius 2 is 2.11 bits per heavy atom. The molecule has 0 bridgehead atoms. The Labute approximate surface area is 172 Å². The molecule has 6 nitrogen and oxygen atoms in total. The molecule has 0 saturated heterocycles. The number of aryl methyl sites for hydroxylation is 3. The van der Waals surface area contributed by atoms with Gasteiger partial charge in [-0.2, -0.15) is 0 Å². The third kappa shape index (κ3) is 4.31. The van der Waals surface area contributed by atoms with E-state index in [0.717, 1.165) is 44.1 Å². The SMILES string of the molecule is C=C(C=N/C(=C(\C)Br)n1ccnc1)Nc1cc(-c2c(C)noc2C)ccc1C. The second-order valence-corrected chi connectivity index (χ2v) is 7.65. The van der Waals surface area contributed by atoms with Crippen LogP contribution in [0.3, 0.4) is 0 Å². The molecule has 0 aliphatic heterocycles. The first kappa shape index (κ1) is 19.8. The van der Waals surface area contributed by atoms with E-state index in [1.807, 2.05) is 38.5 Å². The predicted octanol–water partition coefficient (Wildman–Crippen LogP) is 5.70. The van der Waals surface area contributed by atoms with Gasteiger partial charge in [0.05, 0.1) is 11.9 Å². The van der Waals surface area contributed by atoms with Crippen LogP contribution >= 0.6 is 15.9 Å². The van der Waals surface area contributed by atoms with Gasteiger partial charge >= 0.3 is 0 Å². The van der Waals surface area contributed by atoms with Gasteiger partial charge in [-0.05, 0) is 44.9 Å². The van der Waals surface area contributed by atoms with Crippen molar-refractivity contribution in [2.24, 2.45) is 4.99 Å². The molecule has 0 radical (unpaired) electrons. The van der Waals surface area contributed by atoms with Crippen molar-refractivity contribution < 1.29 is 4.52 Å². The third-order valence-electron chi connectivity index (χ3n) is 4.25. The molecule has 7 heteroatoms. The van der Waals surface area contributed by atoms with Crippen molar-refractivity contribution in [3.05, 3.63) is 70.7 Å². The molecule has 1 N–H and O–H groups in total. The van der Waals surface area contributed by atoms with Crippen LogP contribution in [0, 0.1) is 20.8 Å². The van der Waals surface area contributed by atoms with Crippen LogP contribution in [0.4, 0.5) is 5.69 Å². The summed E-state index contributed by atoms with van der Waals surface area (Å²) < 4.78 is 8.02. The number of aliphatic imine (C=N–C) groups is 1. The largest absolute Gasteiger partial charge is 0.361 e. The van der Waals surface area contributed by atoms with E-state index >= 15 is 0 Å². The molecule has 0 aliphatic carbocycles. The maximum atomic E-state index is 5.30. The fraction of sp³-hybridized carbons (Fsp3) is 0.190. The molecule has 2 aromatic heterocycles. The molecule has 3 rings (SSSR count). The maximum absolute atomic E-state index is 5.30. The van der Waals surface area contributed by atoms with Gasteiger partial charge < -0.3 is 9.84 Å². The molecule has 0 spiro atoms. The highest BCUT2D eigenvalue weighted by molar-refractivity contribution is 9.11. The van der Waals surface area contributed by atoms with Crippen LogP contribution in [-0.2, 0) is 0 Å². The summed E-state index contributed by atoms with van der Waals surface area (Å²) in [6.07, 6.45) is 6.94. The topological polar surface area (TPSA) is 68.2 Å². The van der Waals surface area contributed by atoms with Crippen LogP contribution in [0.1, 0.15) is 23.9 Å². The molecule has 0 atom stereocenters. The number of nitrogens with one attached hydrogen (secondary N) is 1. The molecule has 0 saturated carbocycles. The van der Waals surface area contributed by atoms with E-state index in [9.17, 15) is 0 Å². The number of rotatable bonds is 6. The third-order valence-corrected chi connectivity index (χ3v) is 4.61. The first-order chi connectivity index (χ1) is 13.4. The minimum Gasteiger partial charge on any atom is -0.361 e. The molecular weight excluding hydrogens is 418 g/mol. The lowest BCUT2D eigenvalue weighted by atomic mass is 10.0. The summed E-state index contributed by atoms with van der Waals surface area (Å²) in [6, 6.07) is 6.20. The Hall–Kier alpha value is -2.93. The highest BCUT2D eigenvalue weighted by Crippen LogP contribution is 2.30. The van der Waals surface area contributed by atoms with Gasteiger partial charge in [0.1, 0.15) is 17.9 Å². The Kier molecular flexibility index (Phi) is 5.94. The van der Waals surface area contributed by atoms with Gasteiger partial charge in [-0.1, -0.05) is 39.8 Å². The average molecular weight is 440 g/mol. The highest BCUT2D eigenvalue weighted by atomic mass is 79.9. The Morgan fingerprint density at radius 1 is 1.32 bits per heavy atom.